The first-order valence-electron chi connectivity index (χ1n) is 16.9. The number of nitrogens with zero attached hydrogens (tertiary/aromatic N) is 2. The fraction of sp³-hybridized carbons (Fsp3) is 0.293. The molecule has 258 valence electrons. The van der Waals surface area contributed by atoms with E-state index in [0.717, 1.165) is 44.9 Å². The molecule has 0 radical (unpaired) electrons. The number of phenols is 1. The van der Waals surface area contributed by atoms with Gasteiger partial charge < -0.3 is 25.4 Å². The van der Waals surface area contributed by atoms with E-state index in [2.05, 4.69) is 10.3 Å². The highest BCUT2D eigenvalue weighted by atomic mass is 16.5. The van der Waals surface area contributed by atoms with E-state index in [-0.39, 0.29) is 37.0 Å². The number of para-hydroxylation sites is 1. The van der Waals surface area contributed by atoms with E-state index in [1.165, 1.54) is 4.90 Å². The molecule has 1 fully saturated rings. The van der Waals surface area contributed by atoms with Crippen LogP contribution < -0.4 is 10.2 Å². The number of amides is 2. The van der Waals surface area contributed by atoms with E-state index in [9.17, 15) is 24.9 Å². The normalized spacial score (nSPS) is 19.9. The van der Waals surface area contributed by atoms with Crippen molar-refractivity contribution < 1.29 is 29.6 Å². The highest BCUT2D eigenvalue weighted by molar-refractivity contribution is 6.22. The van der Waals surface area contributed by atoms with Gasteiger partial charge in [0.2, 0.25) is 11.8 Å². The predicted molar refractivity (Wildman–Crippen MR) is 195 cm³/mol. The molecule has 9 heteroatoms. The number of pyridine rings is 1. The van der Waals surface area contributed by atoms with Gasteiger partial charge in [0, 0.05) is 30.6 Å². The zero-order chi connectivity index (χ0) is 35.4. The molecule has 0 spiro atoms. The second-order valence-corrected chi connectivity index (χ2v) is 13.1. The van der Waals surface area contributed by atoms with Crippen molar-refractivity contribution in [3.05, 3.63) is 125 Å². The number of hydrogen-bond acceptors (Lipinski definition) is 8. The highest BCUT2D eigenvalue weighted by Crippen LogP contribution is 2.47. The van der Waals surface area contributed by atoms with Gasteiger partial charge in [-0.2, -0.15) is 0 Å². The molecule has 1 saturated heterocycles. The Morgan fingerprint density at radius 3 is 2.30 bits per heavy atom. The smallest absolute Gasteiger partial charge is 0.238 e. The van der Waals surface area contributed by atoms with Crippen LogP contribution in [0.1, 0.15) is 41.6 Å². The number of methoxy groups -OCH3 is 1. The number of carbonyl (C=O) groups is 2. The molecular formula is C41H43N3O6. The minimum absolute atomic E-state index is 0.169. The number of aliphatic hydroxyl groups excluding tert-OH is 2. The Balaban J connectivity index is 1.25. The number of imide groups is 1. The second-order valence-electron chi connectivity index (χ2n) is 13.1. The number of fused-ring (bicyclic) bond motifs is 1. The maximum absolute atomic E-state index is 14.1. The third kappa shape index (κ3) is 7.12. The predicted octanol–water partition coefficient (Wildman–Crippen LogP) is 6.59. The number of aryl methyl sites for hydroxylation is 2. The lowest BCUT2D eigenvalue weighted by molar-refractivity contribution is -0.123. The summed E-state index contributed by atoms with van der Waals surface area (Å²) in [7, 11) is 1.56. The third-order valence-electron chi connectivity index (χ3n) is 9.78. The summed E-state index contributed by atoms with van der Waals surface area (Å²) in [6, 6.07) is 26.3. The summed E-state index contributed by atoms with van der Waals surface area (Å²) in [5.41, 5.74) is 7.57. The Bertz CT molecular complexity index is 1880. The van der Waals surface area contributed by atoms with Gasteiger partial charge in [0.05, 0.1) is 42.5 Å². The van der Waals surface area contributed by atoms with Gasteiger partial charge in [-0.15, -0.1) is 0 Å². The summed E-state index contributed by atoms with van der Waals surface area (Å²) in [4.78, 5) is 33.7. The Kier molecular flexibility index (Phi) is 10.6. The lowest BCUT2D eigenvalue weighted by atomic mass is 9.68. The molecule has 6 rings (SSSR count). The van der Waals surface area contributed by atoms with Crippen LogP contribution in [0.15, 0.2) is 102 Å². The summed E-state index contributed by atoms with van der Waals surface area (Å²) in [6.07, 6.45) is 3.71. The summed E-state index contributed by atoms with van der Waals surface area (Å²) in [6.45, 7) is 3.48. The Morgan fingerprint density at radius 1 is 0.980 bits per heavy atom. The number of rotatable bonds is 12. The lowest BCUT2D eigenvalue weighted by Gasteiger charge is -2.36. The third-order valence-corrected chi connectivity index (χ3v) is 9.78. The molecule has 0 unspecified atom stereocenters. The largest absolute Gasteiger partial charge is 0.507 e. The molecule has 4 atom stereocenters. The molecule has 4 N–H and O–H groups in total. The van der Waals surface area contributed by atoms with Crippen LogP contribution in [0.5, 0.6) is 5.75 Å². The van der Waals surface area contributed by atoms with Crippen LogP contribution in [0, 0.1) is 31.6 Å². The number of benzene rings is 3. The Labute approximate surface area is 292 Å². The van der Waals surface area contributed by atoms with Gasteiger partial charge in [0.1, 0.15) is 5.75 Å². The molecule has 50 heavy (non-hydrogen) atoms. The van der Waals surface area contributed by atoms with E-state index >= 15 is 0 Å². The van der Waals surface area contributed by atoms with Crippen molar-refractivity contribution in [2.24, 2.45) is 17.8 Å². The van der Waals surface area contributed by atoms with E-state index in [1.807, 2.05) is 92.7 Å². The average Bonchev–Trinajstić information content (AvgIpc) is 3.37. The van der Waals surface area contributed by atoms with Crippen LogP contribution in [0.25, 0.3) is 11.6 Å². The zero-order valence-corrected chi connectivity index (χ0v) is 28.5. The van der Waals surface area contributed by atoms with Crippen molar-refractivity contribution in [3.8, 4) is 5.75 Å². The fourth-order valence-corrected chi connectivity index (χ4v) is 7.45. The molecule has 1 aromatic heterocycles. The monoisotopic (exact) mass is 673 g/mol. The van der Waals surface area contributed by atoms with Gasteiger partial charge in [-0.25, -0.2) is 0 Å². The topological polar surface area (TPSA) is 132 Å². The number of ether oxygens (including phenoxy) is 1. The van der Waals surface area contributed by atoms with E-state index < -0.39 is 30.5 Å². The Hall–Kier alpha value is -5.09. The minimum atomic E-state index is -1.01. The number of carbonyl (C=O) groups excluding carboxylic acids is 2. The van der Waals surface area contributed by atoms with Gasteiger partial charge in [-0.3, -0.25) is 19.5 Å². The summed E-state index contributed by atoms with van der Waals surface area (Å²) in [5, 5.41) is 36.3. The van der Waals surface area contributed by atoms with Crippen LogP contribution in [0.2, 0.25) is 0 Å². The molecular weight excluding hydrogens is 630 g/mol. The first-order valence-corrected chi connectivity index (χ1v) is 16.9. The highest BCUT2D eigenvalue weighted by Gasteiger charge is 2.55. The number of phenolic OH excluding ortho intramolecular Hbond substituents is 1. The van der Waals surface area contributed by atoms with Gasteiger partial charge in [-0.1, -0.05) is 24.3 Å². The number of hydrogen-bond donors (Lipinski definition) is 4. The van der Waals surface area contributed by atoms with E-state index in [1.54, 1.807) is 25.4 Å². The van der Waals surface area contributed by atoms with Crippen molar-refractivity contribution in [1.82, 2.24) is 4.98 Å². The number of nitrogens with one attached hydrogen (secondary N) is 1. The van der Waals surface area contributed by atoms with Crippen LogP contribution in [-0.2, 0) is 14.3 Å². The average molecular weight is 674 g/mol. The van der Waals surface area contributed by atoms with Crippen LogP contribution in [-0.4, -0.2) is 58.5 Å². The maximum Gasteiger partial charge on any atom is 0.238 e. The SMILES string of the molecule is COCC1=C([C@H](O)CC/C(=C/c2cc(C)c(O)c(C)c2)c2ccccn2)[C@H](CO)[C@@H]2C(=O)N(c3ccc(Nc4ccccc4)cc3)C(=O)[C@@H]2C1. The van der Waals surface area contributed by atoms with Crippen molar-refractivity contribution in [2.75, 3.05) is 30.5 Å². The van der Waals surface area contributed by atoms with E-state index in [0.29, 0.717) is 17.7 Å². The summed E-state index contributed by atoms with van der Waals surface area (Å²) < 4.78 is 5.54. The maximum atomic E-state index is 14.1. The molecule has 0 saturated carbocycles. The molecule has 0 bridgehead atoms. The van der Waals surface area contributed by atoms with Crippen molar-refractivity contribution >= 4 is 40.5 Å². The zero-order valence-electron chi connectivity index (χ0n) is 28.5. The number of aliphatic hydroxyl groups is 2. The summed E-state index contributed by atoms with van der Waals surface area (Å²) >= 11 is 0. The van der Waals surface area contributed by atoms with Gasteiger partial charge >= 0.3 is 0 Å². The first kappa shape index (κ1) is 34.8. The molecule has 9 nitrogen and oxygen atoms in total. The summed E-state index contributed by atoms with van der Waals surface area (Å²) in [5.74, 6) is -2.67. The first-order chi connectivity index (χ1) is 24.2. The molecule has 2 heterocycles. The van der Waals surface area contributed by atoms with Crippen molar-refractivity contribution in [2.45, 2.75) is 39.2 Å². The van der Waals surface area contributed by atoms with Crippen molar-refractivity contribution in [1.29, 1.82) is 0 Å². The molecule has 1 aliphatic carbocycles. The van der Waals surface area contributed by atoms with Gasteiger partial charge in [0.15, 0.2) is 0 Å². The number of aromatic hydroxyl groups is 1. The minimum Gasteiger partial charge on any atom is -0.507 e. The van der Waals surface area contributed by atoms with E-state index in [4.69, 9.17) is 4.74 Å². The molecule has 4 aromatic rings. The molecule has 2 amide bonds. The fourth-order valence-electron chi connectivity index (χ4n) is 7.45. The van der Waals surface area contributed by atoms with Crippen LogP contribution in [0.4, 0.5) is 17.1 Å². The van der Waals surface area contributed by atoms with Crippen LogP contribution in [0.3, 0.4) is 0 Å². The molecule has 3 aromatic carbocycles. The Morgan fingerprint density at radius 2 is 1.66 bits per heavy atom. The molecule has 2 aliphatic rings. The second kappa shape index (κ2) is 15.2. The van der Waals surface area contributed by atoms with Gasteiger partial charge in [0.25, 0.3) is 0 Å². The van der Waals surface area contributed by atoms with Crippen LogP contribution >= 0.6 is 0 Å². The standard InChI is InChI=1S/C41H43N3O6/c1-25-19-27(20-26(2)39(25)47)21-28(35-11-7-8-18-42-35)12-17-36(46)37-29(24-50-3)22-33-38(34(37)23-45)41(49)44(40(33)48)32-15-13-31(14-16-32)43-30-9-5-4-6-10-30/h4-11,13-16,18-21,33-34,36,38,43,45-47H,12,17,22-24H2,1-3H3/b28-21-/t33-,34+,36-,38-/m1/s1. The number of allylic oxidation sites excluding steroid dienone is 1. The number of aromatic nitrogens is 1. The lowest BCUT2D eigenvalue weighted by Crippen LogP contribution is -2.39. The quantitative estimate of drug-likeness (QED) is 0.0979. The number of anilines is 3. The van der Waals surface area contributed by atoms with Gasteiger partial charge in [-0.05, 0) is 133 Å². The molecule has 1 aliphatic heterocycles. The van der Waals surface area contributed by atoms with Crippen molar-refractivity contribution in [3.63, 3.8) is 0 Å².